The van der Waals surface area contributed by atoms with E-state index in [9.17, 15) is 14.7 Å². The molecule has 0 bridgehead atoms. The normalized spacial score (nSPS) is 15.9. The first-order valence-electron chi connectivity index (χ1n) is 12.7. The Kier molecular flexibility index (Phi) is 8.66. The van der Waals surface area contributed by atoms with Crippen molar-refractivity contribution >= 4 is 35.0 Å². The number of nitrogens with one attached hydrogen (secondary N) is 2. The second kappa shape index (κ2) is 12.1. The Morgan fingerprint density at radius 2 is 1.97 bits per heavy atom. The van der Waals surface area contributed by atoms with Crippen LogP contribution in [0.5, 0.6) is 0 Å². The van der Waals surface area contributed by atoms with Gasteiger partial charge in [-0.15, -0.1) is 0 Å². The Hall–Kier alpha value is -3.58. The van der Waals surface area contributed by atoms with Gasteiger partial charge in [-0.2, -0.15) is 0 Å². The zero-order chi connectivity index (χ0) is 26.4. The molecule has 0 saturated carbocycles. The zero-order valence-electron chi connectivity index (χ0n) is 21.2. The van der Waals surface area contributed by atoms with Crippen LogP contribution in [0, 0.1) is 12.8 Å². The van der Waals surface area contributed by atoms with Gasteiger partial charge in [-0.1, -0.05) is 36.7 Å². The monoisotopic (exact) mass is 520 g/mol. The molecule has 2 atom stereocenters. The summed E-state index contributed by atoms with van der Waals surface area (Å²) in [4.78, 5) is 31.7. The van der Waals surface area contributed by atoms with Gasteiger partial charge in [-0.05, 0) is 78.8 Å². The lowest BCUT2D eigenvalue weighted by atomic mass is 9.98. The van der Waals surface area contributed by atoms with Gasteiger partial charge in [0.05, 0.1) is 0 Å². The summed E-state index contributed by atoms with van der Waals surface area (Å²) in [5.41, 5.74) is 4.00. The highest BCUT2D eigenvalue weighted by Gasteiger charge is 2.25. The molecule has 1 aromatic heterocycles. The van der Waals surface area contributed by atoms with E-state index < -0.39 is 17.9 Å². The van der Waals surface area contributed by atoms with Crippen molar-refractivity contribution in [3.05, 3.63) is 88.1 Å². The molecule has 2 unspecified atom stereocenters. The highest BCUT2D eigenvalue weighted by molar-refractivity contribution is 6.30. The first-order chi connectivity index (χ1) is 17.8. The molecule has 37 heavy (non-hydrogen) atoms. The topological polar surface area (TPSA) is 94.6 Å². The van der Waals surface area contributed by atoms with Crippen LogP contribution in [-0.4, -0.2) is 47.6 Å². The van der Waals surface area contributed by atoms with Crippen LogP contribution in [0.15, 0.2) is 60.8 Å². The summed E-state index contributed by atoms with van der Waals surface area (Å²) in [6.07, 6.45) is 3.71. The third-order valence-electron chi connectivity index (χ3n) is 6.86. The van der Waals surface area contributed by atoms with E-state index >= 15 is 0 Å². The maximum absolute atomic E-state index is 13.0. The molecule has 0 radical (unpaired) electrons. The van der Waals surface area contributed by atoms with E-state index in [1.807, 2.05) is 56.3 Å². The number of carbonyl (C=O) groups is 2. The molecule has 1 amide bonds. The molecule has 2 heterocycles. The molecular weight excluding hydrogens is 488 g/mol. The smallest absolute Gasteiger partial charge is 0.326 e. The molecule has 3 N–H and O–H groups in total. The van der Waals surface area contributed by atoms with E-state index in [0.717, 1.165) is 54.3 Å². The number of carboxylic acids is 1. The maximum atomic E-state index is 13.0. The quantitative estimate of drug-likeness (QED) is 0.349. The maximum Gasteiger partial charge on any atom is 0.326 e. The summed E-state index contributed by atoms with van der Waals surface area (Å²) in [5.74, 6) is -0.0394. The van der Waals surface area contributed by atoms with Crippen molar-refractivity contribution in [1.29, 1.82) is 0 Å². The lowest BCUT2D eigenvalue weighted by Crippen LogP contribution is -2.42. The fourth-order valence-electron chi connectivity index (χ4n) is 4.88. The lowest BCUT2D eigenvalue weighted by Gasteiger charge is -2.20. The fraction of sp³-hybridized carbons (Fsp3) is 0.345. The SMILES string of the molecule is CCc1cc(Cl)cc(C)c1C(=O)NC(Cc1ccc(N2CCC(CNc3ccccn3)C2)cc1)C(=O)O. The largest absolute Gasteiger partial charge is 0.480 e. The molecule has 3 aromatic rings. The van der Waals surface area contributed by atoms with Crippen molar-refractivity contribution in [3.8, 4) is 0 Å². The highest BCUT2D eigenvalue weighted by Crippen LogP contribution is 2.25. The van der Waals surface area contributed by atoms with Gasteiger partial charge in [0, 0.05) is 48.5 Å². The number of nitrogens with zero attached hydrogens (tertiary/aromatic N) is 2. The number of pyridine rings is 1. The van der Waals surface area contributed by atoms with Crippen LogP contribution >= 0.6 is 11.6 Å². The van der Waals surface area contributed by atoms with Gasteiger partial charge in [0.1, 0.15) is 11.9 Å². The molecule has 2 aromatic carbocycles. The molecule has 1 fully saturated rings. The number of carboxylic acid groups (broad SMARTS) is 1. The molecule has 1 saturated heterocycles. The van der Waals surface area contributed by atoms with Crippen molar-refractivity contribution in [2.45, 2.75) is 39.2 Å². The van der Waals surface area contributed by atoms with Gasteiger partial charge in [-0.3, -0.25) is 4.79 Å². The summed E-state index contributed by atoms with van der Waals surface area (Å²) < 4.78 is 0. The van der Waals surface area contributed by atoms with Crippen LogP contribution in [0.2, 0.25) is 5.02 Å². The van der Waals surface area contributed by atoms with Gasteiger partial charge in [0.25, 0.3) is 5.91 Å². The molecular formula is C29H33ClN4O3. The Morgan fingerprint density at radius 1 is 1.19 bits per heavy atom. The fourth-order valence-corrected chi connectivity index (χ4v) is 5.17. The van der Waals surface area contributed by atoms with Crippen LogP contribution in [0.1, 0.15) is 40.4 Å². The Bertz CT molecular complexity index is 1230. The summed E-state index contributed by atoms with van der Waals surface area (Å²) in [7, 11) is 0. The number of rotatable bonds is 10. The van der Waals surface area contributed by atoms with Gasteiger partial charge >= 0.3 is 5.97 Å². The Morgan fingerprint density at radius 3 is 2.65 bits per heavy atom. The number of aryl methyl sites for hydroxylation is 2. The molecule has 7 nitrogen and oxygen atoms in total. The van der Waals surface area contributed by atoms with Crippen LogP contribution in [0.4, 0.5) is 11.5 Å². The lowest BCUT2D eigenvalue weighted by molar-refractivity contribution is -0.139. The van der Waals surface area contributed by atoms with Crippen molar-refractivity contribution in [3.63, 3.8) is 0 Å². The molecule has 0 aliphatic carbocycles. The Balaban J connectivity index is 1.35. The number of aromatic nitrogens is 1. The second-order valence-electron chi connectivity index (χ2n) is 9.54. The number of hydrogen-bond donors (Lipinski definition) is 3. The number of anilines is 2. The molecule has 4 rings (SSSR count). The summed E-state index contributed by atoms with van der Waals surface area (Å²) in [5, 5.41) is 16.5. The van der Waals surface area contributed by atoms with Crippen molar-refractivity contribution in [2.75, 3.05) is 29.9 Å². The third kappa shape index (κ3) is 6.80. The second-order valence-corrected chi connectivity index (χ2v) is 9.98. The van der Waals surface area contributed by atoms with Crippen molar-refractivity contribution in [1.82, 2.24) is 10.3 Å². The minimum absolute atomic E-state index is 0.200. The molecule has 1 aliphatic rings. The first kappa shape index (κ1) is 26.5. The number of carbonyl (C=O) groups excluding carboxylic acids is 1. The highest BCUT2D eigenvalue weighted by atomic mass is 35.5. The van der Waals surface area contributed by atoms with Crippen LogP contribution < -0.4 is 15.5 Å². The van der Waals surface area contributed by atoms with E-state index in [2.05, 4.69) is 20.5 Å². The zero-order valence-corrected chi connectivity index (χ0v) is 22.0. The van der Waals surface area contributed by atoms with Crippen molar-refractivity contribution < 1.29 is 14.7 Å². The summed E-state index contributed by atoms with van der Waals surface area (Å²) in [6, 6.07) is 16.2. The number of hydrogen-bond acceptors (Lipinski definition) is 5. The predicted molar refractivity (Wildman–Crippen MR) is 148 cm³/mol. The van der Waals surface area contributed by atoms with E-state index in [4.69, 9.17) is 11.6 Å². The van der Waals surface area contributed by atoms with E-state index in [0.29, 0.717) is 22.9 Å². The molecule has 8 heteroatoms. The van der Waals surface area contributed by atoms with Gasteiger partial charge in [0.15, 0.2) is 0 Å². The summed E-state index contributed by atoms with van der Waals surface area (Å²) >= 11 is 6.14. The van der Waals surface area contributed by atoms with Gasteiger partial charge in [-0.25, -0.2) is 9.78 Å². The van der Waals surface area contributed by atoms with Gasteiger partial charge in [0.2, 0.25) is 0 Å². The number of amides is 1. The number of halogens is 1. The molecule has 194 valence electrons. The predicted octanol–water partition coefficient (Wildman–Crippen LogP) is 4.97. The standard InChI is InChI=1S/C29H33ClN4O3/c1-3-22-16-23(30)14-19(2)27(22)28(35)33-25(29(36)37)15-20-7-9-24(10-8-20)34-13-11-21(18-34)17-32-26-6-4-5-12-31-26/h4-10,12,14,16,21,25H,3,11,13,15,17-18H2,1-2H3,(H,31,32)(H,33,35)(H,36,37). The van der Waals surface area contributed by atoms with Crippen molar-refractivity contribution in [2.24, 2.45) is 5.92 Å². The third-order valence-corrected chi connectivity index (χ3v) is 7.08. The molecule has 1 aliphatic heterocycles. The minimum Gasteiger partial charge on any atom is -0.480 e. The van der Waals surface area contributed by atoms with E-state index in [1.54, 1.807) is 18.3 Å². The number of benzene rings is 2. The number of aliphatic carboxylic acids is 1. The van der Waals surface area contributed by atoms with E-state index in [1.165, 1.54) is 0 Å². The van der Waals surface area contributed by atoms with E-state index in [-0.39, 0.29) is 6.42 Å². The van der Waals surface area contributed by atoms with Gasteiger partial charge < -0.3 is 20.6 Å². The Labute approximate surface area is 222 Å². The van der Waals surface area contributed by atoms with Crippen LogP contribution in [0.25, 0.3) is 0 Å². The average Bonchev–Trinajstić information content (AvgIpc) is 3.36. The molecule has 0 spiro atoms. The average molecular weight is 521 g/mol. The van der Waals surface area contributed by atoms with Crippen LogP contribution in [-0.2, 0) is 17.6 Å². The first-order valence-corrected chi connectivity index (χ1v) is 13.0. The minimum atomic E-state index is -1.06. The van der Waals surface area contributed by atoms with Crippen LogP contribution in [0.3, 0.4) is 0 Å². The summed E-state index contributed by atoms with van der Waals surface area (Å²) in [6.45, 7) is 6.55.